The van der Waals surface area contributed by atoms with Gasteiger partial charge in [-0.3, -0.25) is 10.1 Å². The Morgan fingerprint density at radius 1 is 0.968 bits per heavy atom. The van der Waals surface area contributed by atoms with E-state index < -0.39 is 10.9 Å². The van der Waals surface area contributed by atoms with Crippen molar-refractivity contribution in [2.24, 2.45) is 0 Å². The molecule has 0 radical (unpaired) electrons. The Hall–Kier alpha value is -4.26. The molecule has 6 nitrogen and oxygen atoms in total. The van der Waals surface area contributed by atoms with Gasteiger partial charge in [-0.15, -0.1) is 0 Å². The average Bonchev–Trinajstić information content (AvgIpc) is 2.77. The third kappa shape index (κ3) is 5.86. The average molecular weight is 419 g/mol. The molecule has 0 saturated carbocycles. The van der Waals surface area contributed by atoms with E-state index in [0.717, 1.165) is 5.56 Å². The van der Waals surface area contributed by atoms with Crippen LogP contribution in [-0.4, -0.2) is 18.0 Å². The van der Waals surface area contributed by atoms with Crippen molar-refractivity contribution in [3.8, 4) is 11.5 Å². The molecule has 0 heterocycles. The first kappa shape index (κ1) is 21.4. The maximum Gasteiger partial charge on any atom is 0.336 e. The molecule has 0 aliphatic carbocycles. The first-order valence-corrected chi connectivity index (χ1v) is 9.21. The summed E-state index contributed by atoms with van der Waals surface area (Å²) in [6.45, 7) is 0. The van der Waals surface area contributed by atoms with Gasteiger partial charge in [-0.05, 0) is 53.1 Å². The van der Waals surface area contributed by atoms with Crippen molar-refractivity contribution in [3.05, 3.63) is 118 Å². The zero-order chi connectivity index (χ0) is 22.2. The number of halogens is 1. The van der Waals surface area contributed by atoms with Crippen LogP contribution in [0.25, 0.3) is 5.57 Å². The third-order valence-electron chi connectivity index (χ3n) is 4.28. The van der Waals surface area contributed by atoms with Crippen LogP contribution in [0, 0.1) is 15.9 Å². The van der Waals surface area contributed by atoms with E-state index in [4.69, 9.17) is 9.47 Å². The smallest absolute Gasteiger partial charge is 0.336 e. The van der Waals surface area contributed by atoms with Gasteiger partial charge in [-0.25, -0.2) is 9.18 Å². The molecule has 0 amide bonds. The highest BCUT2D eigenvalue weighted by Crippen LogP contribution is 2.27. The van der Waals surface area contributed by atoms with Gasteiger partial charge in [0.05, 0.1) is 12.0 Å². The van der Waals surface area contributed by atoms with Gasteiger partial charge in [0.25, 0.3) is 5.69 Å². The summed E-state index contributed by atoms with van der Waals surface area (Å²) < 4.78 is 24.2. The molecule has 0 aliphatic heterocycles. The zero-order valence-corrected chi connectivity index (χ0v) is 16.5. The molecule has 3 aromatic carbocycles. The molecule has 0 saturated heterocycles. The number of benzene rings is 3. The normalized spacial score (nSPS) is 11.4. The number of methoxy groups -OCH3 is 1. The summed E-state index contributed by atoms with van der Waals surface area (Å²) in [5.74, 6) is -0.217. The van der Waals surface area contributed by atoms with E-state index in [1.807, 2.05) is 12.1 Å². The molecule has 7 heteroatoms. The lowest BCUT2D eigenvalue weighted by molar-refractivity contribution is -0.384. The second-order valence-electron chi connectivity index (χ2n) is 6.35. The summed E-state index contributed by atoms with van der Waals surface area (Å²) >= 11 is 0. The molecule has 31 heavy (non-hydrogen) atoms. The highest BCUT2D eigenvalue weighted by Gasteiger charge is 2.08. The summed E-state index contributed by atoms with van der Waals surface area (Å²) in [5.41, 5.74) is 1.98. The lowest BCUT2D eigenvalue weighted by Crippen LogP contribution is -2.03. The largest absolute Gasteiger partial charge is 0.497 e. The monoisotopic (exact) mass is 419 g/mol. The van der Waals surface area contributed by atoms with Gasteiger partial charge in [-0.1, -0.05) is 36.4 Å². The highest BCUT2D eigenvalue weighted by molar-refractivity contribution is 5.86. The van der Waals surface area contributed by atoms with E-state index in [2.05, 4.69) is 0 Å². The standard InChI is InChI=1S/C24H18FNO5/c1-30-22-8-3-6-18(16-22)23(17-5-2-7-19(25)15-17)9-4-10-24(27)31-21-13-11-20(12-14-21)26(28)29/h2-16H,1H3/b10-4+,23-9+. The Balaban J connectivity index is 1.83. The van der Waals surface area contributed by atoms with Gasteiger partial charge >= 0.3 is 5.97 Å². The Morgan fingerprint density at radius 3 is 2.29 bits per heavy atom. The molecule has 3 rings (SSSR count). The van der Waals surface area contributed by atoms with Crippen LogP contribution in [0.3, 0.4) is 0 Å². The quantitative estimate of drug-likeness (QED) is 0.129. The van der Waals surface area contributed by atoms with Gasteiger partial charge < -0.3 is 9.47 Å². The molecule has 156 valence electrons. The molecule has 0 aromatic heterocycles. The molecule has 0 fully saturated rings. The van der Waals surface area contributed by atoms with Gasteiger partial charge in [0, 0.05) is 18.2 Å². The zero-order valence-electron chi connectivity index (χ0n) is 16.5. The van der Waals surface area contributed by atoms with Crippen LogP contribution in [0.4, 0.5) is 10.1 Å². The molecule has 0 bridgehead atoms. The fourth-order valence-corrected chi connectivity index (χ4v) is 2.81. The Kier molecular flexibility index (Phi) is 6.90. The number of nitro benzene ring substituents is 1. The lowest BCUT2D eigenvalue weighted by atomic mass is 9.97. The number of allylic oxidation sites excluding steroid dienone is 2. The molecule has 0 spiro atoms. The fraction of sp³-hybridized carbons (Fsp3) is 0.0417. The van der Waals surface area contributed by atoms with Crippen molar-refractivity contribution >= 4 is 17.2 Å². The predicted octanol–water partition coefficient (Wildman–Crippen LogP) is 5.34. The van der Waals surface area contributed by atoms with E-state index in [-0.39, 0.29) is 17.3 Å². The number of hydrogen-bond donors (Lipinski definition) is 0. The Labute approximate surface area is 178 Å². The maximum atomic E-state index is 13.8. The van der Waals surface area contributed by atoms with E-state index in [0.29, 0.717) is 16.9 Å². The number of carbonyl (C=O) groups is 1. The highest BCUT2D eigenvalue weighted by atomic mass is 19.1. The number of ether oxygens (including phenoxy) is 2. The number of non-ortho nitro benzene ring substituents is 1. The molecule has 0 atom stereocenters. The summed E-state index contributed by atoms with van der Waals surface area (Å²) in [4.78, 5) is 22.2. The van der Waals surface area contributed by atoms with E-state index in [1.165, 1.54) is 48.6 Å². The van der Waals surface area contributed by atoms with Crippen LogP contribution in [0.5, 0.6) is 11.5 Å². The van der Waals surface area contributed by atoms with Gasteiger partial charge in [0.1, 0.15) is 17.3 Å². The van der Waals surface area contributed by atoms with Crippen molar-refractivity contribution in [1.82, 2.24) is 0 Å². The van der Waals surface area contributed by atoms with Crippen molar-refractivity contribution in [2.45, 2.75) is 0 Å². The number of hydrogen-bond acceptors (Lipinski definition) is 5. The van der Waals surface area contributed by atoms with Gasteiger partial charge in [0.15, 0.2) is 0 Å². The summed E-state index contributed by atoms with van der Waals surface area (Å²) in [5, 5.41) is 10.7. The minimum Gasteiger partial charge on any atom is -0.497 e. The first-order valence-electron chi connectivity index (χ1n) is 9.21. The van der Waals surface area contributed by atoms with Gasteiger partial charge in [0.2, 0.25) is 0 Å². The fourth-order valence-electron chi connectivity index (χ4n) is 2.81. The molecule has 3 aromatic rings. The molecular formula is C24H18FNO5. The number of carbonyl (C=O) groups excluding carboxylic acids is 1. The number of rotatable bonds is 7. The summed E-state index contributed by atoms with van der Waals surface area (Å²) in [6.07, 6.45) is 4.37. The van der Waals surface area contributed by atoms with E-state index in [9.17, 15) is 19.3 Å². The lowest BCUT2D eigenvalue weighted by Gasteiger charge is -2.10. The van der Waals surface area contributed by atoms with Crippen molar-refractivity contribution in [1.29, 1.82) is 0 Å². The van der Waals surface area contributed by atoms with Crippen LogP contribution in [0.15, 0.2) is 91.0 Å². The minimum atomic E-state index is -0.658. The van der Waals surface area contributed by atoms with Gasteiger partial charge in [-0.2, -0.15) is 0 Å². The molecule has 0 N–H and O–H groups in total. The molecule has 0 unspecified atom stereocenters. The topological polar surface area (TPSA) is 78.7 Å². The van der Waals surface area contributed by atoms with Crippen molar-refractivity contribution in [2.75, 3.05) is 7.11 Å². The van der Waals surface area contributed by atoms with Crippen LogP contribution in [0.2, 0.25) is 0 Å². The SMILES string of the molecule is COc1cccc(/C(=C/C=C/C(=O)Oc2ccc([N+](=O)[O-])cc2)c2cccc(F)c2)c1. The van der Waals surface area contributed by atoms with Crippen LogP contribution in [-0.2, 0) is 4.79 Å². The van der Waals surface area contributed by atoms with Crippen LogP contribution >= 0.6 is 0 Å². The molecule has 0 aliphatic rings. The number of nitrogens with zero attached hydrogens (tertiary/aromatic N) is 1. The molecular weight excluding hydrogens is 401 g/mol. The first-order chi connectivity index (χ1) is 15.0. The summed E-state index contributed by atoms with van der Waals surface area (Å²) in [6, 6.07) is 18.6. The summed E-state index contributed by atoms with van der Waals surface area (Å²) in [7, 11) is 1.55. The predicted molar refractivity (Wildman–Crippen MR) is 114 cm³/mol. The second kappa shape index (κ2) is 9.98. The van der Waals surface area contributed by atoms with Crippen LogP contribution < -0.4 is 9.47 Å². The van der Waals surface area contributed by atoms with E-state index >= 15 is 0 Å². The maximum absolute atomic E-state index is 13.8. The number of esters is 1. The second-order valence-corrected chi connectivity index (χ2v) is 6.35. The minimum absolute atomic E-state index is 0.101. The van der Waals surface area contributed by atoms with Crippen LogP contribution in [0.1, 0.15) is 11.1 Å². The van der Waals surface area contributed by atoms with E-state index in [1.54, 1.807) is 37.5 Å². The number of nitro groups is 1. The third-order valence-corrected chi connectivity index (χ3v) is 4.28. The van der Waals surface area contributed by atoms with Crippen molar-refractivity contribution in [3.63, 3.8) is 0 Å². The Bertz CT molecular complexity index is 1150. The Morgan fingerprint density at radius 2 is 1.65 bits per heavy atom. The van der Waals surface area contributed by atoms with Crippen molar-refractivity contribution < 1.29 is 23.6 Å².